The SMILES string of the molecule is COC(=O)COc1cccc2c(CCC(=O)O)cccc12. The Bertz CT molecular complexity index is 663. The second-order valence-corrected chi connectivity index (χ2v) is 4.53. The number of aryl methyl sites for hydroxylation is 1. The van der Waals surface area contributed by atoms with Gasteiger partial charge in [-0.3, -0.25) is 4.79 Å². The maximum atomic E-state index is 11.2. The number of aliphatic carboxylic acids is 1. The number of fused-ring (bicyclic) bond motifs is 1. The fraction of sp³-hybridized carbons (Fsp3) is 0.250. The number of carboxylic acids is 1. The van der Waals surface area contributed by atoms with Crippen LogP contribution in [0.25, 0.3) is 10.8 Å². The third kappa shape index (κ3) is 3.72. The highest BCUT2D eigenvalue weighted by atomic mass is 16.6. The molecule has 21 heavy (non-hydrogen) atoms. The third-order valence-electron chi connectivity index (χ3n) is 3.15. The van der Waals surface area contributed by atoms with Crippen LogP contribution >= 0.6 is 0 Å². The summed E-state index contributed by atoms with van der Waals surface area (Å²) in [6.07, 6.45) is 0.527. The predicted molar refractivity (Wildman–Crippen MR) is 77.4 cm³/mol. The van der Waals surface area contributed by atoms with E-state index in [-0.39, 0.29) is 13.0 Å². The summed E-state index contributed by atoms with van der Waals surface area (Å²) in [6.45, 7) is -0.158. The van der Waals surface area contributed by atoms with Crippen molar-refractivity contribution in [1.82, 2.24) is 0 Å². The van der Waals surface area contributed by atoms with E-state index in [0.29, 0.717) is 12.2 Å². The average Bonchev–Trinajstić information content (AvgIpc) is 2.50. The van der Waals surface area contributed by atoms with Gasteiger partial charge in [-0.05, 0) is 23.4 Å². The van der Waals surface area contributed by atoms with E-state index in [1.807, 2.05) is 30.3 Å². The first-order chi connectivity index (χ1) is 10.1. The van der Waals surface area contributed by atoms with Crippen molar-refractivity contribution in [1.29, 1.82) is 0 Å². The number of carboxylic acid groups (broad SMARTS) is 1. The number of benzene rings is 2. The van der Waals surface area contributed by atoms with Crippen LogP contribution in [0.15, 0.2) is 36.4 Å². The summed E-state index contributed by atoms with van der Waals surface area (Å²) in [5, 5.41) is 10.6. The van der Waals surface area contributed by atoms with Gasteiger partial charge in [0.2, 0.25) is 0 Å². The molecule has 0 spiro atoms. The Morgan fingerprint density at radius 1 is 1.10 bits per heavy atom. The van der Waals surface area contributed by atoms with E-state index in [9.17, 15) is 9.59 Å². The molecule has 0 unspecified atom stereocenters. The van der Waals surface area contributed by atoms with Crippen molar-refractivity contribution >= 4 is 22.7 Å². The summed E-state index contributed by atoms with van der Waals surface area (Å²) in [5.41, 5.74) is 0.943. The van der Waals surface area contributed by atoms with Crippen LogP contribution in [0.2, 0.25) is 0 Å². The predicted octanol–water partition coefficient (Wildman–Crippen LogP) is 2.41. The van der Waals surface area contributed by atoms with Crippen LogP contribution in [-0.4, -0.2) is 30.8 Å². The zero-order chi connectivity index (χ0) is 15.2. The number of carbonyl (C=O) groups excluding carboxylic acids is 1. The number of carbonyl (C=O) groups is 2. The van der Waals surface area contributed by atoms with Gasteiger partial charge in [-0.1, -0.05) is 30.3 Å². The second-order valence-electron chi connectivity index (χ2n) is 4.53. The molecule has 0 radical (unpaired) electrons. The normalized spacial score (nSPS) is 10.3. The Morgan fingerprint density at radius 2 is 1.81 bits per heavy atom. The van der Waals surface area contributed by atoms with E-state index >= 15 is 0 Å². The smallest absolute Gasteiger partial charge is 0.343 e. The summed E-state index contributed by atoms with van der Waals surface area (Å²) in [6, 6.07) is 11.1. The van der Waals surface area contributed by atoms with Crippen molar-refractivity contribution in [3.05, 3.63) is 42.0 Å². The van der Waals surface area contributed by atoms with E-state index in [1.165, 1.54) is 7.11 Å². The monoisotopic (exact) mass is 288 g/mol. The molecule has 2 aromatic rings. The van der Waals surface area contributed by atoms with Crippen LogP contribution in [-0.2, 0) is 20.7 Å². The molecule has 1 N–H and O–H groups in total. The van der Waals surface area contributed by atoms with E-state index in [1.54, 1.807) is 6.07 Å². The highest BCUT2D eigenvalue weighted by molar-refractivity contribution is 5.91. The maximum absolute atomic E-state index is 11.2. The van der Waals surface area contributed by atoms with E-state index in [2.05, 4.69) is 4.74 Å². The number of esters is 1. The van der Waals surface area contributed by atoms with Gasteiger partial charge in [0.05, 0.1) is 7.11 Å². The first-order valence-corrected chi connectivity index (χ1v) is 6.54. The molecule has 0 fully saturated rings. The maximum Gasteiger partial charge on any atom is 0.343 e. The molecule has 0 aromatic heterocycles. The Morgan fingerprint density at radius 3 is 2.52 bits per heavy atom. The van der Waals surface area contributed by atoms with Gasteiger partial charge < -0.3 is 14.6 Å². The topological polar surface area (TPSA) is 72.8 Å². The highest BCUT2D eigenvalue weighted by Gasteiger charge is 2.09. The van der Waals surface area contributed by atoms with Crippen molar-refractivity contribution < 1.29 is 24.2 Å². The largest absolute Gasteiger partial charge is 0.481 e. The summed E-state index contributed by atoms with van der Waals surface area (Å²) in [7, 11) is 1.30. The van der Waals surface area contributed by atoms with Gasteiger partial charge in [0.15, 0.2) is 6.61 Å². The molecule has 0 heterocycles. The molecule has 0 aliphatic heterocycles. The van der Waals surface area contributed by atoms with Crippen LogP contribution in [0, 0.1) is 0 Å². The molecule has 0 saturated carbocycles. The molecule has 0 bridgehead atoms. The summed E-state index contributed by atoms with van der Waals surface area (Å²) in [5.74, 6) is -0.700. The molecule has 0 saturated heterocycles. The zero-order valence-electron chi connectivity index (χ0n) is 11.7. The minimum atomic E-state index is -0.829. The standard InChI is InChI=1S/C16H16O5/c1-20-16(19)10-21-14-7-3-5-12-11(8-9-15(17)18)4-2-6-13(12)14/h2-7H,8-10H2,1H3,(H,17,18). The summed E-state index contributed by atoms with van der Waals surface area (Å²) in [4.78, 5) is 21.9. The van der Waals surface area contributed by atoms with Gasteiger partial charge in [0.1, 0.15) is 5.75 Å². The van der Waals surface area contributed by atoms with Gasteiger partial charge in [0, 0.05) is 11.8 Å². The molecule has 0 amide bonds. The summed E-state index contributed by atoms with van der Waals surface area (Å²) >= 11 is 0. The molecule has 5 nitrogen and oxygen atoms in total. The molecule has 2 aromatic carbocycles. The highest BCUT2D eigenvalue weighted by Crippen LogP contribution is 2.28. The van der Waals surface area contributed by atoms with E-state index in [0.717, 1.165) is 16.3 Å². The van der Waals surface area contributed by atoms with Gasteiger partial charge >= 0.3 is 11.9 Å². The Balaban J connectivity index is 2.30. The third-order valence-corrected chi connectivity index (χ3v) is 3.15. The van der Waals surface area contributed by atoms with E-state index < -0.39 is 11.9 Å². The molecular weight excluding hydrogens is 272 g/mol. The minimum absolute atomic E-state index is 0.0758. The minimum Gasteiger partial charge on any atom is -0.481 e. The fourth-order valence-electron chi connectivity index (χ4n) is 2.13. The molecule has 2 rings (SSSR count). The van der Waals surface area contributed by atoms with Crippen LogP contribution < -0.4 is 4.74 Å². The van der Waals surface area contributed by atoms with Crippen LogP contribution in [0.5, 0.6) is 5.75 Å². The van der Waals surface area contributed by atoms with Gasteiger partial charge in [0.25, 0.3) is 0 Å². The van der Waals surface area contributed by atoms with Crippen molar-refractivity contribution in [2.24, 2.45) is 0 Å². The van der Waals surface area contributed by atoms with Gasteiger partial charge in [-0.2, -0.15) is 0 Å². The van der Waals surface area contributed by atoms with Crippen molar-refractivity contribution in [2.75, 3.05) is 13.7 Å². The van der Waals surface area contributed by atoms with Crippen molar-refractivity contribution in [2.45, 2.75) is 12.8 Å². The lowest BCUT2D eigenvalue weighted by Crippen LogP contribution is -2.12. The number of methoxy groups -OCH3 is 1. The molecular formula is C16H16O5. The quantitative estimate of drug-likeness (QED) is 0.826. The van der Waals surface area contributed by atoms with Crippen LogP contribution in [0.1, 0.15) is 12.0 Å². The average molecular weight is 288 g/mol. The number of hydrogen-bond acceptors (Lipinski definition) is 4. The zero-order valence-corrected chi connectivity index (χ0v) is 11.7. The Kier molecular flexibility index (Phi) is 4.77. The molecule has 0 aliphatic carbocycles. The number of hydrogen-bond donors (Lipinski definition) is 1. The molecule has 0 aliphatic rings. The fourth-order valence-corrected chi connectivity index (χ4v) is 2.13. The van der Waals surface area contributed by atoms with Gasteiger partial charge in [-0.25, -0.2) is 4.79 Å². The second kappa shape index (κ2) is 6.74. The van der Waals surface area contributed by atoms with Gasteiger partial charge in [-0.15, -0.1) is 0 Å². The Labute approximate surface area is 122 Å². The first kappa shape index (κ1) is 14.8. The molecule has 0 atom stereocenters. The summed E-state index contributed by atoms with van der Waals surface area (Å²) < 4.78 is 10.0. The van der Waals surface area contributed by atoms with Crippen LogP contribution in [0.4, 0.5) is 0 Å². The first-order valence-electron chi connectivity index (χ1n) is 6.54. The lowest BCUT2D eigenvalue weighted by atomic mass is 10.0. The molecule has 5 heteroatoms. The lowest BCUT2D eigenvalue weighted by Gasteiger charge is -2.11. The van der Waals surface area contributed by atoms with E-state index in [4.69, 9.17) is 9.84 Å². The molecule has 110 valence electrons. The number of rotatable bonds is 6. The lowest BCUT2D eigenvalue weighted by molar-refractivity contribution is -0.143. The number of ether oxygens (including phenoxy) is 2. The van der Waals surface area contributed by atoms with Crippen LogP contribution in [0.3, 0.4) is 0 Å². The van der Waals surface area contributed by atoms with Crippen molar-refractivity contribution in [3.8, 4) is 5.75 Å². The Hall–Kier alpha value is -2.56. The van der Waals surface area contributed by atoms with Crippen molar-refractivity contribution in [3.63, 3.8) is 0 Å².